The highest BCUT2D eigenvalue weighted by Gasteiger charge is 2.11. The molecule has 0 amide bonds. The molecule has 4 nitrogen and oxygen atoms in total. The van der Waals surface area contributed by atoms with Crippen molar-refractivity contribution < 1.29 is 8.78 Å². The molecule has 80 valence electrons. The summed E-state index contributed by atoms with van der Waals surface area (Å²) < 4.78 is 25.8. The Balaban J connectivity index is 2.32. The quantitative estimate of drug-likeness (QED) is 0.729. The lowest BCUT2D eigenvalue weighted by atomic mass is 10.4. The molecule has 2 aromatic rings. The molecular weight excluding hydrogens is 214 g/mol. The van der Waals surface area contributed by atoms with Crippen LogP contribution in [-0.4, -0.2) is 14.8 Å². The van der Waals surface area contributed by atoms with Gasteiger partial charge >= 0.3 is 0 Å². The maximum Gasteiger partial charge on any atom is 0.282 e. The third-order valence-corrected chi connectivity index (χ3v) is 1.93. The molecular formula is C10H6F2N4. The Labute approximate surface area is 90.0 Å². The van der Waals surface area contributed by atoms with Gasteiger partial charge in [0.1, 0.15) is 5.69 Å². The van der Waals surface area contributed by atoms with Gasteiger partial charge in [-0.1, -0.05) is 6.07 Å². The molecule has 0 bridgehead atoms. The number of aromatic nitrogens is 3. The summed E-state index contributed by atoms with van der Waals surface area (Å²) in [7, 11) is 0. The van der Waals surface area contributed by atoms with Gasteiger partial charge in [0.25, 0.3) is 6.43 Å². The lowest BCUT2D eigenvalue weighted by Gasteiger charge is -1.99. The van der Waals surface area contributed by atoms with E-state index in [9.17, 15) is 8.78 Å². The monoisotopic (exact) mass is 220 g/mol. The maximum absolute atomic E-state index is 12.3. The number of halogens is 2. The molecule has 0 spiro atoms. The van der Waals surface area contributed by atoms with Crippen LogP contribution in [0.4, 0.5) is 14.5 Å². The van der Waals surface area contributed by atoms with Crippen LogP contribution < -0.4 is 0 Å². The van der Waals surface area contributed by atoms with Crippen LogP contribution in [0.1, 0.15) is 12.1 Å². The van der Waals surface area contributed by atoms with Crippen molar-refractivity contribution in [3.8, 4) is 5.82 Å². The Morgan fingerprint density at radius 2 is 2.12 bits per heavy atom. The molecule has 2 rings (SSSR count). The number of alkyl halides is 2. The summed E-state index contributed by atoms with van der Waals surface area (Å²) in [6.45, 7) is 6.74. The minimum absolute atomic E-state index is 0.295. The fourth-order valence-electron chi connectivity index (χ4n) is 1.16. The van der Waals surface area contributed by atoms with Crippen molar-refractivity contribution in [2.45, 2.75) is 6.43 Å². The van der Waals surface area contributed by atoms with E-state index in [4.69, 9.17) is 6.57 Å². The molecule has 0 aliphatic heterocycles. The number of rotatable bonds is 2. The van der Waals surface area contributed by atoms with Gasteiger partial charge in [0.05, 0.1) is 6.57 Å². The van der Waals surface area contributed by atoms with Crippen LogP contribution in [0.5, 0.6) is 0 Å². The van der Waals surface area contributed by atoms with Crippen LogP contribution in [0.15, 0.2) is 30.6 Å². The highest BCUT2D eigenvalue weighted by atomic mass is 19.3. The van der Waals surface area contributed by atoms with E-state index < -0.39 is 6.43 Å². The van der Waals surface area contributed by atoms with Crippen LogP contribution in [0, 0.1) is 6.57 Å². The molecule has 0 saturated carbocycles. The predicted molar refractivity (Wildman–Crippen MR) is 52.6 cm³/mol. The minimum atomic E-state index is -2.59. The first-order valence-corrected chi connectivity index (χ1v) is 4.38. The van der Waals surface area contributed by atoms with E-state index in [1.165, 1.54) is 23.1 Å². The lowest BCUT2D eigenvalue weighted by Crippen LogP contribution is -1.98. The molecule has 0 aliphatic carbocycles. The van der Waals surface area contributed by atoms with Crippen molar-refractivity contribution in [3.63, 3.8) is 0 Å². The topological polar surface area (TPSA) is 35.1 Å². The van der Waals surface area contributed by atoms with Crippen molar-refractivity contribution in [1.82, 2.24) is 14.8 Å². The summed E-state index contributed by atoms with van der Waals surface area (Å²) >= 11 is 0. The van der Waals surface area contributed by atoms with E-state index in [0.717, 1.165) is 0 Å². The summed E-state index contributed by atoms with van der Waals surface area (Å²) in [5.41, 5.74) is 0.0982. The van der Waals surface area contributed by atoms with E-state index in [-0.39, 0.29) is 5.69 Å². The maximum atomic E-state index is 12.3. The number of pyridine rings is 1. The Hall–Kier alpha value is -2.29. The van der Waals surface area contributed by atoms with Gasteiger partial charge in [-0.15, -0.1) is 0 Å². The van der Waals surface area contributed by atoms with Crippen LogP contribution in [-0.2, 0) is 0 Å². The average molecular weight is 220 g/mol. The lowest BCUT2D eigenvalue weighted by molar-refractivity contribution is 0.145. The first kappa shape index (κ1) is 10.2. The van der Waals surface area contributed by atoms with Gasteiger partial charge < -0.3 is 0 Å². The van der Waals surface area contributed by atoms with Gasteiger partial charge in [0, 0.05) is 12.4 Å². The molecule has 0 N–H and O–H groups in total. The second-order valence-corrected chi connectivity index (χ2v) is 2.97. The molecule has 0 fully saturated rings. The van der Waals surface area contributed by atoms with Gasteiger partial charge in [-0.3, -0.25) is 0 Å². The largest absolute Gasteiger partial charge is 0.282 e. The summed E-state index contributed by atoms with van der Waals surface area (Å²) in [6, 6.07) is 4.34. The third kappa shape index (κ3) is 1.88. The van der Waals surface area contributed by atoms with Gasteiger partial charge in [-0.05, 0) is 12.1 Å². The Morgan fingerprint density at radius 1 is 1.31 bits per heavy atom. The van der Waals surface area contributed by atoms with Crippen molar-refractivity contribution in [1.29, 1.82) is 0 Å². The number of nitrogens with zero attached hydrogens (tertiary/aromatic N) is 4. The van der Waals surface area contributed by atoms with Gasteiger partial charge in [0.15, 0.2) is 5.82 Å². The highest BCUT2D eigenvalue weighted by Crippen LogP contribution is 2.17. The zero-order valence-corrected chi connectivity index (χ0v) is 8.01. The van der Waals surface area contributed by atoms with E-state index in [2.05, 4.69) is 14.9 Å². The van der Waals surface area contributed by atoms with Crippen molar-refractivity contribution in [3.05, 3.63) is 47.7 Å². The fourth-order valence-corrected chi connectivity index (χ4v) is 1.16. The van der Waals surface area contributed by atoms with E-state index in [1.54, 1.807) is 12.1 Å². The minimum Gasteiger partial charge on any atom is -0.249 e. The molecule has 2 heterocycles. The van der Waals surface area contributed by atoms with E-state index in [0.29, 0.717) is 11.5 Å². The van der Waals surface area contributed by atoms with Gasteiger partial charge in [0.2, 0.25) is 5.69 Å². The van der Waals surface area contributed by atoms with Gasteiger partial charge in [-0.25, -0.2) is 23.3 Å². The van der Waals surface area contributed by atoms with Crippen molar-refractivity contribution in [2.24, 2.45) is 0 Å². The van der Waals surface area contributed by atoms with Crippen LogP contribution in [0.25, 0.3) is 10.7 Å². The molecule has 0 aromatic carbocycles. The highest BCUT2D eigenvalue weighted by molar-refractivity contribution is 5.44. The fraction of sp³-hybridized carbons (Fsp3) is 0.100. The smallest absolute Gasteiger partial charge is 0.249 e. The summed E-state index contributed by atoms with van der Waals surface area (Å²) in [5, 5.41) is 3.66. The third-order valence-electron chi connectivity index (χ3n) is 1.93. The Kier molecular flexibility index (Phi) is 2.60. The number of hydrogen-bond acceptors (Lipinski definition) is 2. The summed E-state index contributed by atoms with van der Waals surface area (Å²) in [5.74, 6) is 0.402. The molecule has 6 heteroatoms. The predicted octanol–water partition coefficient (Wildman–Crippen LogP) is 2.76. The zero-order valence-electron chi connectivity index (χ0n) is 8.01. The number of hydrogen-bond donors (Lipinski definition) is 0. The molecule has 0 radical (unpaired) electrons. The van der Waals surface area contributed by atoms with Crippen LogP contribution in [0.3, 0.4) is 0 Å². The molecule has 2 aromatic heterocycles. The van der Waals surface area contributed by atoms with Crippen LogP contribution in [0.2, 0.25) is 0 Å². The standard InChI is InChI=1S/C10H6F2N4/c1-13-7-2-3-9(14-6-7)16-5-4-8(15-16)10(11)12/h2-6,10H. The zero-order chi connectivity index (χ0) is 11.5. The molecule has 0 atom stereocenters. The van der Waals surface area contributed by atoms with Crippen LogP contribution >= 0.6 is 0 Å². The second-order valence-electron chi connectivity index (χ2n) is 2.97. The van der Waals surface area contributed by atoms with Gasteiger partial charge in [-0.2, -0.15) is 5.10 Å². The Bertz CT molecular complexity index is 524. The Morgan fingerprint density at radius 3 is 2.62 bits per heavy atom. The average Bonchev–Trinajstić information content (AvgIpc) is 2.78. The van der Waals surface area contributed by atoms with E-state index >= 15 is 0 Å². The first-order chi connectivity index (χ1) is 7.70. The SMILES string of the molecule is [C-]#[N+]c1ccc(-n2ccc(C(F)F)n2)nc1. The van der Waals surface area contributed by atoms with E-state index in [1.807, 2.05) is 0 Å². The van der Waals surface area contributed by atoms with Crippen molar-refractivity contribution in [2.75, 3.05) is 0 Å². The normalized spacial score (nSPS) is 10.4. The molecule has 0 saturated heterocycles. The first-order valence-electron chi connectivity index (χ1n) is 4.38. The van der Waals surface area contributed by atoms with Crippen molar-refractivity contribution >= 4 is 5.69 Å². The summed E-state index contributed by atoms with van der Waals surface area (Å²) in [4.78, 5) is 7.11. The molecule has 0 aliphatic rings. The molecule has 0 unspecified atom stereocenters. The summed E-state index contributed by atoms with van der Waals surface area (Å²) in [6.07, 6.45) is 0.177. The molecule has 16 heavy (non-hydrogen) atoms. The second kappa shape index (κ2) is 4.06.